The second-order valence-electron chi connectivity index (χ2n) is 11.9. The number of nitrogen functional groups attached to an aromatic ring is 1. The molecule has 4 N–H and O–H groups in total. The zero-order valence-electron chi connectivity index (χ0n) is 25.3. The monoisotopic (exact) mass is 621 g/mol. The number of nitrogens with zero attached hydrogens (tertiary/aromatic N) is 1. The van der Waals surface area contributed by atoms with Gasteiger partial charge in [0.05, 0.1) is 5.69 Å². The van der Waals surface area contributed by atoms with Gasteiger partial charge in [0, 0.05) is 37.5 Å². The van der Waals surface area contributed by atoms with E-state index in [1.54, 1.807) is 6.07 Å². The quantitative estimate of drug-likeness (QED) is 0.251. The van der Waals surface area contributed by atoms with Gasteiger partial charge in [-0.05, 0) is 79.8 Å². The molecule has 0 spiro atoms. The number of carbonyl (C=O) groups is 1. The number of benzene rings is 3. The summed E-state index contributed by atoms with van der Waals surface area (Å²) in [7, 11) is -3.71. The van der Waals surface area contributed by atoms with Crippen LogP contribution < -0.4 is 20.5 Å². The van der Waals surface area contributed by atoms with Gasteiger partial charge in [-0.25, -0.2) is 8.42 Å². The van der Waals surface area contributed by atoms with Crippen LogP contribution in [0.25, 0.3) is 0 Å². The molecule has 1 atom stereocenters. The molecule has 0 unspecified atom stereocenters. The third-order valence-electron chi connectivity index (χ3n) is 8.55. The van der Waals surface area contributed by atoms with Crippen LogP contribution in [-0.4, -0.2) is 69.0 Å². The van der Waals surface area contributed by atoms with Crippen LogP contribution in [0.5, 0.6) is 11.5 Å². The number of aliphatic hydroxyl groups excluding tert-OH is 1. The molecule has 3 aromatic carbocycles. The second kappa shape index (κ2) is 14.5. The van der Waals surface area contributed by atoms with Gasteiger partial charge in [0.15, 0.2) is 9.84 Å². The molecule has 1 heterocycles. The Morgan fingerprint density at radius 2 is 1.61 bits per heavy atom. The largest absolute Gasteiger partial charge is 0.489 e. The van der Waals surface area contributed by atoms with E-state index in [0.717, 1.165) is 69.0 Å². The number of nitrogens with one attached hydrogen (secondary N) is 1. The van der Waals surface area contributed by atoms with Crippen LogP contribution in [0, 0.1) is 0 Å². The Balaban J connectivity index is 1.08. The number of amides is 1. The molecule has 1 amide bonds. The molecule has 3 aromatic rings. The third-order valence-corrected chi connectivity index (χ3v) is 9.71. The van der Waals surface area contributed by atoms with E-state index in [1.165, 1.54) is 11.6 Å². The van der Waals surface area contributed by atoms with Crippen molar-refractivity contribution in [1.29, 1.82) is 0 Å². The van der Waals surface area contributed by atoms with Crippen molar-refractivity contribution in [3.05, 3.63) is 83.4 Å². The number of aliphatic hydroxyl groups is 1. The van der Waals surface area contributed by atoms with E-state index in [2.05, 4.69) is 17.4 Å². The molecule has 0 bridgehead atoms. The van der Waals surface area contributed by atoms with Gasteiger partial charge in [-0.3, -0.25) is 4.79 Å². The summed E-state index contributed by atoms with van der Waals surface area (Å²) < 4.78 is 36.7. The summed E-state index contributed by atoms with van der Waals surface area (Å²) >= 11 is 0. The van der Waals surface area contributed by atoms with Crippen LogP contribution in [0.3, 0.4) is 0 Å². The van der Waals surface area contributed by atoms with E-state index >= 15 is 0 Å². The fraction of sp³-hybridized carbons (Fsp3) is 0.441. The van der Waals surface area contributed by atoms with Gasteiger partial charge in [-0.1, -0.05) is 42.5 Å². The maximum absolute atomic E-state index is 12.6. The number of ether oxygens (including phenoxy) is 2. The Morgan fingerprint density at radius 1 is 0.955 bits per heavy atom. The van der Waals surface area contributed by atoms with Gasteiger partial charge in [0.1, 0.15) is 35.7 Å². The highest BCUT2D eigenvalue weighted by molar-refractivity contribution is 7.91. The van der Waals surface area contributed by atoms with Crippen LogP contribution >= 0.6 is 0 Å². The Labute approximate surface area is 260 Å². The number of nitrogens with two attached hydrogens (primary N) is 1. The average Bonchev–Trinajstić information content (AvgIpc) is 3.57. The summed E-state index contributed by atoms with van der Waals surface area (Å²) in [6, 6.07) is 21.0. The van der Waals surface area contributed by atoms with E-state index in [-0.39, 0.29) is 41.2 Å². The predicted molar refractivity (Wildman–Crippen MR) is 171 cm³/mol. The second-order valence-corrected chi connectivity index (χ2v) is 13.8. The minimum absolute atomic E-state index is 0.0370. The molecule has 1 saturated carbocycles. The fourth-order valence-corrected chi connectivity index (χ4v) is 7.09. The molecule has 236 valence electrons. The van der Waals surface area contributed by atoms with Crippen molar-refractivity contribution in [2.24, 2.45) is 0 Å². The molecular formula is C34H43N3O6S. The van der Waals surface area contributed by atoms with Gasteiger partial charge < -0.3 is 30.5 Å². The standard InChI is InChI=1S/C34H43N3O6S/c1-44(40,41)33-31(42-22-24-7-3-2-4-8-24)18-17-30(32(33)35)43-23-29(38)21-36-28-15-13-26(14-16-28)25-9-11-27(12-10-25)34(39)37-19-5-6-20-37/h2-4,7-12,17-18,26,28-29,36,38H,5-6,13-16,19-23,35H2,1H3/t26-,28-,29-/m0/s1. The lowest BCUT2D eigenvalue weighted by Crippen LogP contribution is -2.39. The predicted octanol–water partition coefficient (Wildman–Crippen LogP) is 4.54. The topological polar surface area (TPSA) is 131 Å². The minimum atomic E-state index is -3.71. The molecule has 2 aliphatic rings. The van der Waals surface area contributed by atoms with Crippen molar-refractivity contribution in [2.75, 3.05) is 38.2 Å². The van der Waals surface area contributed by atoms with Crippen molar-refractivity contribution in [3.8, 4) is 11.5 Å². The maximum atomic E-state index is 12.6. The first kappa shape index (κ1) is 31.8. The summed E-state index contributed by atoms with van der Waals surface area (Å²) in [5.74, 6) is 0.938. The highest BCUT2D eigenvalue weighted by atomic mass is 32.2. The lowest BCUT2D eigenvalue weighted by Gasteiger charge is -2.30. The molecule has 0 radical (unpaired) electrons. The first-order valence-corrected chi connectivity index (χ1v) is 17.3. The van der Waals surface area contributed by atoms with Crippen molar-refractivity contribution in [3.63, 3.8) is 0 Å². The van der Waals surface area contributed by atoms with Gasteiger partial charge in [0.25, 0.3) is 5.91 Å². The molecule has 9 nitrogen and oxygen atoms in total. The summed E-state index contributed by atoms with van der Waals surface area (Å²) in [6.07, 6.45) is 6.50. The van der Waals surface area contributed by atoms with Crippen molar-refractivity contribution >= 4 is 21.4 Å². The van der Waals surface area contributed by atoms with Gasteiger partial charge in [-0.2, -0.15) is 0 Å². The summed E-state index contributed by atoms with van der Waals surface area (Å²) in [5, 5.41) is 14.1. The van der Waals surface area contributed by atoms with Crippen LogP contribution in [0.1, 0.15) is 65.9 Å². The lowest BCUT2D eigenvalue weighted by molar-refractivity contribution is 0.0792. The summed E-state index contributed by atoms with van der Waals surface area (Å²) in [4.78, 5) is 14.5. The van der Waals surface area contributed by atoms with Gasteiger partial charge >= 0.3 is 0 Å². The van der Waals surface area contributed by atoms with Crippen LogP contribution in [0.2, 0.25) is 0 Å². The highest BCUT2D eigenvalue weighted by Gasteiger charge is 2.25. The average molecular weight is 622 g/mol. The zero-order chi connectivity index (χ0) is 31.1. The normalized spacial score (nSPS) is 19.5. The molecule has 1 saturated heterocycles. The molecule has 2 fully saturated rings. The molecule has 44 heavy (non-hydrogen) atoms. The Kier molecular flexibility index (Phi) is 10.5. The smallest absolute Gasteiger partial charge is 0.253 e. The van der Waals surface area contributed by atoms with E-state index in [4.69, 9.17) is 15.2 Å². The third kappa shape index (κ3) is 8.11. The van der Waals surface area contributed by atoms with Crippen LogP contribution in [0.4, 0.5) is 5.69 Å². The van der Waals surface area contributed by atoms with E-state index < -0.39 is 15.9 Å². The number of hydrogen-bond acceptors (Lipinski definition) is 8. The van der Waals surface area contributed by atoms with Gasteiger partial charge in [-0.15, -0.1) is 0 Å². The number of anilines is 1. The summed E-state index contributed by atoms with van der Waals surface area (Å²) in [6.45, 7) is 2.22. The van der Waals surface area contributed by atoms with Crippen molar-refractivity contribution in [2.45, 2.75) is 68.1 Å². The lowest BCUT2D eigenvalue weighted by atomic mass is 9.81. The molecule has 5 rings (SSSR count). The van der Waals surface area contributed by atoms with Gasteiger partial charge in [0.2, 0.25) is 0 Å². The molecule has 1 aliphatic heterocycles. The first-order valence-electron chi connectivity index (χ1n) is 15.4. The maximum Gasteiger partial charge on any atom is 0.253 e. The highest BCUT2D eigenvalue weighted by Crippen LogP contribution is 2.37. The van der Waals surface area contributed by atoms with Crippen molar-refractivity contribution in [1.82, 2.24) is 10.2 Å². The number of carbonyl (C=O) groups excluding carboxylic acids is 1. The molecule has 10 heteroatoms. The molecule has 1 aliphatic carbocycles. The van der Waals surface area contributed by atoms with Crippen LogP contribution in [-0.2, 0) is 16.4 Å². The Hall–Kier alpha value is -3.60. The Bertz CT molecular complexity index is 1500. The van der Waals surface area contributed by atoms with Crippen molar-refractivity contribution < 1.29 is 27.8 Å². The minimum Gasteiger partial charge on any atom is -0.489 e. The number of sulfone groups is 1. The van der Waals surface area contributed by atoms with Crippen LogP contribution in [0.15, 0.2) is 71.6 Å². The number of rotatable bonds is 12. The number of likely N-dealkylation sites (tertiary alicyclic amines) is 1. The van der Waals surface area contributed by atoms with E-state index in [9.17, 15) is 18.3 Å². The number of hydrogen-bond donors (Lipinski definition) is 3. The molecular weight excluding hydrogens is 578 g/mol. The van der Waals surface area contributed by atoms with E-state index in [1.807, 2.05) is 47.4 Å². The summed E-state index contributed by atoms with van der Waals surface area (Å²) in [5.41, 5.74) is 9.13. The first-order chi connectivity index (χ1) is 21.2. The Morgan fingerprint density at radius 3 is 2.27 bits per heavy atom. The fourth-order valence-electron chi connectivity index (χ4n) is 6.10. The molecule has 0 aromatic heterocycles. The van der Waals surface area contributed by atoms with E-state index in [0.29, 0.717) is 18.5 Å². The zero-order valence-corrected chi connectivity index (χ0v) is 26.1. The SMILES string of the molecule is CS(=O)(=O)c1c(OCc2ccccc2)ccc(OC[C@@H](O)CN[C@H]2CC[C@H](c3ccc(C(=O)N4CCCC4)cc3)CC2)c1N.